The first-order valence-corrected chi connectivity index (χ1v) is 6.94. The Balaban J connectivity index is 2.30. The first-order chi connectivity index (χ1) is 9.28. The van der Waals surface area contributed by atoms with Crippen molar-refractivity contribution >= 4 is 27.7 Å². The Labute approximate surface area is 115 Å². The molecule has 0 bridgehead atoms. The van der Waals surface area contributed by atoms with Gasteiger partial charge in [0.2, 0.25) is 11.8 Å². The molecule has 20 heavy (non-hydrogen) atoms. The molecule has 1 heterocycles. The highest BCUT2D eigenvalue weighted by atomic mass is 32.2. The summed E-state index contributed by atoms with van der Waals surface area (Å²) < 4.78 is 28.8. The van der Waals surface area contributed by atoms with Gasteiger partial charge in [-0.1, -0.05) is 6.08 Å². The van der Waals surface area contributed by atoms with Gasteiger partial charge in [0.1, 0.15) is 5.82 Å². The fourth-order valence-electron chi connectivity index (χ4n) is 1.51. The summed E-state index contributed by atoms with van der Waals surface area (Å²) in [6.45, 7) is 1.61. The van der Waals surface area contributed by atoms with Gasteiger partial charge in [-0.15, -0.1) is 0 Å². The maximum absolute atomic E-state index is 12.0. The van der Waals surface area contributed by atoms with Gasteiger partial charge in [-0.3, -0.25) is 4.79 Å². The van der Waals surface area contributed by atoms with Crippen LogP contribution in [0.1, 0.15) is 13.3 Å². The second-order valence-corrected chi connectivity index (χ2v) is 5.71. The maximum Gasteiger partial charge on any atom is 0.337 e. The van der Waals surface area contributed by atoms with Crippen LogP contribution in [-0.4, -0.2) is 24.2 Å². The van der Waals surface area contributed by atoms with Gasteiger partial charge in [0.05, 0.1) is 11.3 Å². The molecule has 4 N–H and O–H groups in total. The van der Waals surface area contributed by atoms with Crippen molar-refractivity contribution in [1.29, 1.82) is 0 Å². The fourth-order valence-corrected chi connectivity index (χ4v) is 2.47. The van der Waals surface area contributed by atoms with E-state index in [2.05, 4.69) is 9.97 Å². The van der Waals surface area contributed by atoms with Crippen molar-refractivity contribution in [2.24, 2.45) is 0 Å². The number of carbonyl (C=O) groups is 1. The van der Waals surface area contributed by atoms with E-state index >= 15 is 0 Å². The Morgan fingerprint density at radius 3 is 2.55 bits per heavy atom. The van der Waals surface area contributed by atoms with Crippen LogP contribution < -0.4 is 15.7 Å². The molecule has 1 aliphatic carbocycles. The second kappa shape index (κ2) is 4.93. The highest BCUT2D eigenvalue weighted by Gasteiger charge is 2.26. The third-order valence-electron chi connectivity index (χ3n) is 2.55. The minimum atomic E-state index is -4.13. The molecule has 0 spiro atoms. The van der Waals surface area contributed by atoms with Crippen LogP contribution in [0.4, 0.5) is 11.8 Å². The summed E-state index contributed by atoms with van der Waals surface area (Å²) in [5.41, 5.74) is 11.2. The zero-order valence-electron chi connectivity index (χ0n) is 10.5. The molecule has 2 rings (SSSR count). The summed E-state index contributed by atoms with van der Waals surface area (Å²) in [5.74, 6) is -0.808. The number of nitrogen functional groups attached to an aromatic ring is 2. The number of anilines is 2. The molecule has 1 aromatic heterocycles. The summed E-state index contributed by atoms with van der Waals surface area (Å²) >= 11 is 0. The molecule has 0 amide bonds. The predicted molar refractivity (Wildman–Crippen MR) is 71.9 cm³/mol. The lowest BCUT2D eigenvalue weighted by atomic mass is 10.1. The van der Waals surface area contributed by atoms with Gasteiger partial charge in [0.15, 0.2) is 5.78 Å². The minimum Gasteiger partial charge on any atom is -0.383 e. The van der Waals surface area contributed by atoms with Crippen molar-refractivity contribution in [2.75, 3.05) is 11.5 Å². The Hall–Kier alpha value is -2.42. The molecule has 0 aliphatic heterocycles. The zero-order chi connectivity index (χ0) is 14.9. The van der Waals surface area contributed by atoms with E-state index in [1.807, 2.05) is 0 Å². The van der Waals surface area contributed by atoms with Crippen molar-refractivity contribution in [3.05, 3.63) is 28.7 Å². The van der Waals surface area contributed by atoms with E-state index in [1.165, 1.54) is 12.2 Å². The van der Waals surface area contributed by atoms with Crippen molar-refractivity contribution in [3.8, 4) is 5.88 Å². The molecular weight excluding hydrogens is 284 g/mol. The molecule has 0 atom stereocenters. The van der Waals surface area contributed by atoms with Crippen molar-refractivity contribution < 1.29 is 17.4 Å². The molecule has 9 heteroatoms. The van der Waals surface area contributed by atoms with Gasteiger partial charge >= 0.3 is 10.1 Å². The summed E-state index contributed by atoms with van der Waals surface area (Å²) in [4.78, 5) is 18.6. The van der Waals surface area contributed by atoms with Crippen LogP contribution in [0.2, 0.25) is 0 Å². The molecule has 0 aromatic carbocycles. The van der Waals surface area contributed by atoms with Crippen molar-refractivity contribution in [1.82, 2.24) is 9.97 Å². The number of hydrogen-bond donors (Lipinski definition) is 2. The predicted octanol–water partition coefficient (Wildman–Crippen LogP) is 0.153. The smallest absolute Gasteiger partial charge is 0.337 e. The van der Waals surface area contributed by atoms with Gasteiger partial charge < -0.3 is 15.7 Å². The summed E-state index contributed by atoms with van der Waals surface area (Å²) in [6, 6.07) is 1.13. The molecule has 1 aromatic rings. The van der Waals surface area contributed by atoms with Gasteiger partial charge in [0.25, 0.3) is 0 Å². The van der Waals surface area contributed by atoms with Gasteiger partial charge in [0, 0.05) is 6.07 Å². The highest BCUT2D eigenvalue weighted by Crippen LogP contribution is 2.23. The van der Waals surface area contributed by atoms with E-state index < -0.39 is 10.1 Å². The Morgan fingerprint density at radius 2 is 1.95 bits per heavy atom. The first kappa shape index (κ1) is 14.0. The lowest BCUT2D eigenvalue weighted by Gasteiger charge is -2.12. The Kier molecular flexibility index (Phi) is 3.45. The standard InChI is InChI=1S/C11H12N4O4S/c1-6-2-3-7(4-8(6)16)20(17,18)19-10-5-9(12)14-11(13)15-10/h2-3,5H,4H2,1H3,(H4,12,13,14,15). The van der Waals surface area contributed by atoms with Gasteiger partial charge in [-0.25, -0.2) is 0 Å². The van der Waals surface area contributed by atoms with Crippen LogP contribution in [0.25, 0.3) is 0 Å². The topological polar surface area (TPSA) is 138 Å². The van der Waals surface area contributed by atoms with Crippen LogP contribution in [-0.2, 0) is 14.9 Å². The molecule has 0 saturated carbocycles. The molecule has 106 valence electrons. The molecule has 0 fully saturated rings. The first-order valence-electron chi connectivity index (χ1n) is 5.53. The van der Waals surface area contributed by atoms with Crippen molar-refractivity contribution in [3.63, 3.8) is 0 Å². The third-order valence-corrected chi connectivity index (χ3v) is 3.86. The number of aromatic nitrogens is 2. The van der Waals surface area contributed by atoms with E-state index in [1.54, 1.807) is 6.92 Å². The normalized spacial score (nSPS) is 15.6. The number of nitrogens with zero attached hydrogens (tertiary/aromatic N) is 2. The lowest BCUT2D eigenvalue weighted by molar-refractivity contribution is -0.114. The lowest BCUT2D eigenvalue weighted by Crippen LogP contribution is -2.18. The molecule has 8 nitrogen and oxygen atoms in total. The average molecular weight is 296 g/mol. The largest absolute Gasteiger partial charge is 0.383 e. The van der Waals surface area contributed by atoms with E-state index in [0.29, 0.717) is 5.57 Å². The van der Waals surface area contributed by atoms with E-state index in [4.69, 9.17) is 15.7 Å². The quantitative estimate of drug-likeness (QED) is 0.752. The summed E-state index contributed by atoms with van der Waals surface area (Å²) in [7, 11) is -4.13. The zero-order valence-corrected chi connectivity index (χ0v) is 11.3. The Bertz CT molecular complexity index is 717. The van der Waals surface area contributed by atoms with Gasteiger partial charge in [-0.2, -0.15) is 18.4 Å². The van der Waals surface area contributed by atoms with Crippen LogP contribution in [0.15, 0.2) is 28.7 Å². The van der Waals surface area contributed by atoms with Gasteiger partial charge in [-0.05, 0) is 18.6 Å². The van der Waals surface area contributed by atoms with E-state index in [0.717, 1.165) is 6.07 Å². The molecule has 0 unspecified atom stereocenters. The molecule has 0 saturated heterocycles. The maximum atomic E-state index is 12.0. The molecule has 0 radical (unpaired) electrons. The van der Waals surface area contributed by atoms with Crippen LogP contribution in [0.3, 0.4) is 0 Å². The number of allylic oxidation sites excluding steroid dienone is 4. The SMILES string of the molecule is CC1=CC=C(S(=O)(=O)Oc2cc(N)nc(N)n2)CC1=O. The number of hydrogen-bond acceptors (Lipinski definition) is 8. The highest BCUT2D eigenvalue weighted by molar-refractivity contribution is 7.91. The summed E-state index contributed by atoms with van der Waals surface area (Å²) in [5, 5.41) is 0. The third kappa shape index (κ3) is 2.94. The second-order valence-electron chi connectivity index (χ2n) is 4.11. The Morgan fingerprint density at radius 1 is 1.25 bits per heavy atom. The summed E-state index contributed by atoms with van der Waals surface area (Å²) in [6.07, 6.45) is 2.49. The van der Waals surface area contributed by atoms with E-state index in [-0.39, 0.29) is 34.8 Å². The number of rotatable bonds is 3. The van der Waals surface area contributed by atoms with Crippen LogP contribution in [0, 0.1) is 0 Å². The van der Waals surface area contributed by atoms with Crippen molar-refractivity contribution in [2.45, 2.75) is 13.3 Å². The number of nitrogens with two attached hydrogens (primary N) is 2. The van der Waals surface area contributed by atoms with Crippen LogP contribution in [0.5, 0.6) is 5.88 Å². The molecule has 1 aliphatic rings. The number of ketones is 1. The van der Waals surface area contributed by atoms with E-state index in [9.17, 15) is 13.2 Å². The minimum absolute atomic E-state index is 0.0212. The van der Waals surface area contributed by atoms with Crippen LogP contribution >= 0.6 is 0 Å². The number of carbonyl (C=O) groups excluding carboxylic acids is 1. The average Bonchev–Trinajstić information content (AvgIpc) is 2.30. The number of Topliss-reactive ketones (excluding diaryl/α,β-unsaturated/α-hetero) is 1. The fraction of sp³-hybridized carbons (Fsp3) is 0.182. The molecular formula is C11H12N4O4S. The monoisotopic (exact) mass is 296 g/mol.